The van der Waals surface area contributed by atoms with Crippen molar-refractivity contribution < 1.29 is 48.8 Å². The van der Waals surface area contributed by atoms with Gasteiger partial charge in [0.1, 0.15) is 33.0 Å². The van der Waals surface area contributed by atoms with Gasteiger partial charge in [-0.1, -0.05) is 121 Å². The molecule has 12 nitrogen and oxygen atoms in total. The summed E-state index contributed by atoms with van der Waals surface area (Å²) in [6, 6.07) is 49.2. The molecule has 0 amide bonds. The molecule has 0 atom stereocenters. The van der Waals surface area contributed by atoms with Crippen LogP contribution in [0.25, 0.3) is 46.5 Å². The normalized spacial score (nSPS) is 9.94. The van der Waals surface area contributed by atoms with Crippen LogP contribution >= 0.6 is 36.2 Å². The van der Waals surface area contributed by atoms with Crippen molar-refractivity contribution in [1.82, 2.24) is 19.9 Å². The van der Waals surface area contributed by atoms with Crippen molar-refractivity contribution in [3.8, 4) is 34.4 Å². The molecule has 8 aromatic rings. The molecule has 0 saturated heterocycles. The summed E-state index contributed by atoms with van der Waals surface area (Å²) in [6.45, 7) is 0. The average molecular weight is 1040 g/mol. The second kappa shape index (κ2) is 28.9. The quantitative estimate of drug-likeness (QED) is 0.0631. The van der Waals surface area contributed by atoms with Gasteiger partial charge in [-0.15, -0.1) is 0 Å². The van der Waals surface area contributed by atoms with Crippen LogP contribution in [0.1, 0.15) is 43.0 Å². The molecule has 68 heavy (non-hydrogen) atoms. The maximum Gasteiger partial charge on any atom is 2.00 e. The monoisotopic (exact) mass is 1040 g/mol. The van der Waals surface area contributed by atoms with Crippen molar-refractivity contribution >= 4 is 82.8 Å². The summed E-state index contributed by atoms with van der Waals surface area (Å²) in [4.78, 5) is 38.7. The van der Waals surface area contributed by atoms with Gasteiger partial charge in [0.2, 0.25) is 0 Å². The van der Waals surface area contributed by atoms with Gasteiger partial charge in [-0.05, 0) is 119 Å². The number of thiocarbonyl (C=S) groups is 2. The Morgan fingerprint density at radius 1 is 0.471 bits per heavy atom. The van der Waals surface area contributed by atoms with Crippen molar-refractivity contribution in [1.29, 1.82) is 0 Å². The third kappa shape index (κ3) is 18.2. The molecular weight excluding hydrogens is 1000 g/mol. The van der Waals surface area contributed by atoms with E-state index in [0.717, 1.165) is 55.3 Å². The van der Waals surface area contributed by atoms with Gasteiger partial charge in [0, 0.05) is 24.8 Å². The van der Waals surface area contributed by atoms with Gasteiger partial charge in [-0.3, -0.25) is 9.97 Å². The first-order valence-electron chi connectivity index (χ1n) is 19.7. The van der Waals surface area contributed by atoms with E-state index in [1.165, 1.54) is 47.0 Å². The number of ether oxygens (including phenoxy) is 2. The molecule has 0 aliphatic heterocycles. The molecule has 0 saturated carbocycles. The molecule has 4 heterocycles. The number of para-hydroxylation sites is 2. The zero-order chi connectivity index (χ0) is 47.6. The van der Waals surface area contributed by atoms with Crippen LogP contribution in [-0.2, 0) is 19.5 Å². The zero-order valence-corrected chi connectivity index (χ0v) is 39.6. The minimum absolute atomic E-state index is 0. The van der Waals surface area contributed by atoms with Gasteiger partial charge in [0.05, 0.1) is 22.5 Å². The molecule has 0 aliphatic carbocycles. The maximum absolute atomic E-state index is 10.8. The summed E-state index contributed by atoms with van der Waals surface area (Å²) in [5.74, 6) is 1.11. The van der Waals surface area contributed by atoms with E-state index in [2.05, 4.69) is 80.8 Å². The van der Waals surface area contributed by atoms with Crippen LogP contribution in [0.4, 0.5) is 0 Å². The molecule has 336 valence electrons. The third-order valence-corrected chi connectivity index (χ3v) is 9.52. The maximum atomic E-state index is 10.8. The van der Waals surface area contributed by atoms with Gasteiger partial charge < -0.3 is 30.5 Å². The summed E-state index contributed by atoms with van der Waals surface area (Å²) < 4.78 is 11.8. The summed E-state index contributed by atoms with van der Waals surface area (Å²) in [6.07, 6.45) is 14.7. The van der Waals surface area contributed by atoms with Crippen molar-refractivity contribution in [2.75, 3.05) is 0 Å². The number of benzene rings is 4. The number of carbonyl (C=O) groups is 2. The number of pyridine rings is 4. The SMILES string of the molecule is C(=C\c1ccnc(Sc2cc(/C=C/c3ccc(Oc4ccccc4)cc3)ccn2)c1)/c1ccc(Oc2ccccc2)cc1.O=C(O)c1ccnc(-c2cc(C(=O)O)ccn2)c1.[N-]=C=S.[N-]=C=S.[Ru+2]. The van der Waals surface area contributed by atoms with E-state index in [-0.39, 0.29) is 30.6 Å². The average Bonchev–Trinajstić information content (AvgIpc) is 3.35. The fourth-order valence-corrected chi connectivity index (χ4v) is 6.44. The molecule has 0 unspecified atom stereocenters. The van der Waals surface area contributed by atoms with Crippen LogP contribution < -0.4 is 9.47 Å². The fraction of sp³-hybridized carbons (Fsp3) is 0. The van der Waals surface area contributed by atoms with Gasteiger partial charge in [-0.25, -0.2) is 19.6 Å². The molecule has 0 fully saturated rings. The van der Waals surface area contributed by atoms with Crippen LogP contribution in [0, 0.1) is 0 Å². The van der Waals surface area contributed by atoms with E-state index in [1.807, 2.05) is 134 Å². The number of hydrogen-bond acceptors (Lipinski definition) is 11. The largest absolute Gasteiger partial charge is 2.00 e. The van der Waals surface area contributed by atoms with Gasteiger partial charge >= 0.3 is 31.4 Å². The number of nitrogens with zero attached hydrogens (tertiary/aromatic N) is 6. The van der Waals surface area contributed by atoms with Gasteiger partial charge in [0.15, 0.2) is 0 Å². The fourth-order valence-electron chi connectivity index (χ4n) is 5.61. The van der Waals surface area contributed by atoms with Crippen molar-refractivity contribution in [2.24, 2.45) is 0 Å². The Labute approximate surface area is 420 Å². The predicted octanol–water partition coefficient (Wildman–Crippen LogP) is 13.4. The third-order valence-electron chi connectivity index (χ3n) is 8.66. The molecule has 4 aromatic carbocycles. The molecular formula is C52H36N6O6RuS3. The van der Waals surface area contributed by atoms with E-state index in [0.29, 0.717) is 11.4 Å². The minimum Gasteiger partial charge on any atom is -0.753 e. The van der Waals surface area contributed by atoms with Crippen molar-refractivity contribution in [2.45, 2.75) is 10.1 Å². The molecule has 16 heteroatoms. The second-order valence-corrected chi connectivity index (χ2v) is 14.7. The number of aromatic carboxylic acids is 2. The Bertz CT molecular complexity index is 2800. The Balaban J connectivity index is 0.000000335. The summed E-state index contributed by atoms with van der Waals surface area (Å²) in [7, 11) is 0. The predicted molar refractivity (Wildman–Crippen MR) is 270 cm³/mol. The Morgan fingerprint density at radius 3 is 1.15 bits per heavy atom. The van der Waals surface area contributed by atoms with Crippen LogP contribution in [0.5, 0.6) is 23.0 Å². The first-order chi connectivity index (χ1) is 32.7. The number of rotatable bonds is 13. The molecule has 0 radical (unpaired) electrons. The van der Waals surface area contributed by atoms with Crippen LogP contribution in [0.3, 0.4) is 0 Å². The summed E-state index contributed by atoms with van der Waals surface area (Å²) >= 11 is 8.94. The van der Waals surface area contributed by atoms with Crippen molar-refractivity contribution in [3.05, 3.63) is 227 Å². The van der Waals surface area contributed by atoms with E-state index in [4.69, 9.17) is 30.5 Å². The Hall–Kier alpha value is -7.93. The van der Waals surface area contributed by atoms with Crippen LogP contribution in [0.2, 0.25) is 0 Å². The number of hydrogen-bond donors (Lipinski definition) is 2. The second-order valence-electron chi connectivity index (χ2n) is 13.2. The van der Waals surface area contributed by atoms with E-state index in [9.17, 15) is 9.59 Å². The van der Waals surface area contributed by atoms with E-state index < -0.39 is 11.9 Å². The standard InChI is InChI=1S/C38H28N2O2S.C12H8N2O4.2CNS.Ru/c1-3-7-33(8-4-1)41-35-19-15-29(16-20-35)11-13-31-23-25-39-37(27-31)43-38-28-32(24-26-40-38)14-12-30-17-21-36(22-18-30)42-34-9-5-2-6-10-34;15-11(16)7-1-3-13-9(5-7)10-6-8(12(17)18)2-4-14-10;2*2-1-3;/h1-28H;1-6H,(H,15,16)(H,17,18);;;/q;;2*-1;+2/b13-11+,14-12+;;;;. The number of carboxylic acids is 2. The number of carboxylic acid groups (broad SMARTS) is 2. The van der Waals surface area contributed by atoms with Crippen molar-refractivity contribution in [3.63, 3.8) is 0 Å². The Kier molecular flexibility index (Phi) is 22.4. The molecule has 2 N–H and O–H groups in total. The first-order valence-corrected chi connectivity index (χ1v) is 21.3. The van der Waals surface area contributed by atoms with Crippen LogP contribution in [0.15, 0.2) is 193 Å². The van der Waals surface area contributed by atoms with E-state index in [1.54, 1.807) is 11.8 Å². The topological polar surface area (TPSA) is 189 Å². The molecule has 0 spiro atoms. The molecule has 8 rings (SSSR count). The first kappa shape index (κ1) is 52.7. The smallest absolute Gasteiger partial charge is 0.753 e. The summed E-state index contributed by atoms with van der Waals surface area (Å²) in [5, 5.41) is 36.4. The number of aromatic nitrogens is 4. The molecule has 4 aromatic heterocycles. The Morgan fingerprint density at radius 2 is 0.794 bits per heavy atom. The van der Waals surface area contributed by atoms with Gasteiger partial charge in [-0.2, -0.15) is 10.3 Å². The van der Waals surface area contributed by atoms with E-state index >= 15 is 0 Å². The van der Waals surface area contributed by atoms with Crippen LogP contribution in [-0.4, -0.2) is 52.4 Å². The summed E-state index contributed by atoms with van der Waals surface area (Å²) in [5.41, 5.74) is 5.09. The van der Waals surface area contributed by atoms with Gasteiger partial charge in [0.25, 0.3) is 0 Å². The minimum atomic E-state index is -1.08. The molecule has 0 aliphatic rings. The number of isothiocyanates is 2. The zero-order valence-electron chi connectivity index (χ0n) is 35.4. The molecule has 0 bridgehead atoms.